The van der Waals surface area contributed by atoms with Gasteiger partial charge in [-0.05, 0) is 19.1 Å². The SMILES string of the molecule is CCOC(=O)NC(=O)C1CCSC1NC(=O)C1CNC2C(Br)CNN2C1. The minimum Gasteiger partial charge on any atom is -0.450 e. The van der Waals surface area contributed by atoms with Gasteiger partial charge in [-0.15, -0.1) is 11.8 Å². The zero-order valence-corrected chi connectivity index (χ0v) is 16.9. The molecule has 0 aromatic heterocycles. The van der Waals surface area contributed by atoms with Crippen LogP contribution in [0.2, 0.25) is 0 Å². The number of amides is 3. The molecule has 0 aromatic rings. The van der Waals surface area contributed by atoms with Gasteiger partial charge in [0.15, 0.2) is 0 Å². The van der Waals surface area contributed by atoms with E-state index >= 15 is 0 Å². The molecule has 3 heterocycles. The molecule has 3 fully saturated rings. The van der Waals surface area contributed by atoms with Crippen molar-refractivity contribution in [1.82, 2.24) is 26.4 Å². The molecule has 3 aliphatic heterocycles. The number of halogens is 1. The number of alkyl carbamates (subject to hydrolysis) is 1. The molecule has 3 rings (SSSR count). The summed E-state index contributed by atoms with van der Waals surface area (Å²) >= 11 is 5.14. The van der Waals surface area contributed by atoms with E-state index < -0.39 is 17.9 Å². The molecule has 4 N–H and O–H groups in total. The lowest BCUT2D eigenvalue weighted by atomic mass is 10.0. The van der Waals surface area contributed by atoms with E-state index in [1.165, 1.54) is 11.8 Å². The smallest absolute Gasteiger partial charge is 0.413 e. The Kier molecular flexibility index (Phi) is 6.78. The Labute approximate surface area is 164 Å². The molecule has 26 heavy (non-hydrogen) atoms. The van der Waals surface area contributed by atoms with Crippen LogP contribution in [-0.4, -0.2) is 71.3 Å². The lowest BCUT2D eigenvalue weighted by molar-refractivity contribution is -0.128. The first-order valence-corrected chi connectivity index (χ1v) is 10.7. The third-order valence-corrected chi connectivity index (χ3v) is 6.84. The minimum atomic E-state index is -0.744. The number of hydrazine groups is 1. The van der Waals surface area contributed by atoms with E-state index in [4.69, 9.17) is 4.74 Å². The number of rotatable bonds is 4. The van der Waals surface area contributed by atoms with Crippen molar-refractivity contribution in [2.24, 2.45) is 11.8 Å². The van der Waals surface area contributed by atoms with Gasteiger partial charge in [0.1, 0.15) is 0 Å². The molecule has 3 saturated heterocycles. The van der Waals surface area contributed by atoms with Crippen molar-refractivity contribution in [2.75, 3.05) is 32.0 Å². The second-order valence-electron chi connectivity index (χ2n) is 6.49. The number of imide groups is 1. The van der Waals surface area contributed by atoms with Crippen LogP contribution in [0.25, 0.3) is 0 Å². The Morgan fingerprint density at radius 1 is 1.31 bits per heavy atom. The lowest BCUT2D eigenvalue weighted by Gasteiger charge is -2.36. The van der Waals surface area contributed by atoms with Crippen LogP contribution in [0, 0.1) is 11.8 Å². The number of carbonyl (C=O) groups excluding carboxylic acids is 3. The Balaban J connectivity index is 1.51. The van der Waals surface area contributed by atoms with Gasteiger partial charge >= 0.3 is 6.09 Å². The standard InChI is InChI=1S/C15H24BrN5O4S/c1-2-25-15(24)20-13(23)9-3-4-26-14(9)19-12(22)8-5-17-11-10(16)6-18-21(11)7-8/h8-11,14,17-18H,2-7H2,1H3,(H,19,22)(H,20,23,24). The van der Waals surface area contributed by atoms with Gasteiger partial charge in [-0.1, -0.05) is 15.9 Å². The number of hydrogen-bond acceptors (Lipinski definition) is 8. The predicted octanol–water partition coefficient (Wildman–Crippen LogP) is -0.416. The van der Waals surface area contributed by atoms with Crippen molar-refractivity contribution in [3.05, 3.63) is 0 Å². The molecule has 9 nitrogen and oxygen atoms in total. The van der Waals surface area contributed by atoms with Crippen LogP contribution in [0.15, 0.2) is 0 Å². The van der Waals surface area contributed by atoms with E-state index in [2.05, 4.69) is 37.3 Å². The van der Waals surface area contributed by atoms with Gasteiger partial charge in [-0.25, -0.2) is 9.80 Å². The maximum Gasteiger partial charge on any atom is 0.413 e. The maximum atomic E-state index is 12.7. The van der Waals surface area contributed by atoms with Crippen LogP contribution < -0.4 is 21.4 Å². The van der Waals surface area contributed by atoms with Crippen molar-refractivity contribution in [2.45, 2.75) is 29.7 Å². The number of thioether (sulfide) groups is 1. The molecule has 3 amide bonds. The molecule has 5 atom stereocenters. The predicted molar refractivity (Wildman–Crippen MR) is 100 cm³/mol. The van der Waals surface area contributed by atoms with Crippen molar-refractivity contribution in [1.29, 1.82) is 0 Å². The minimum absolute atomic E-state index is 0.0795. The van der Waals surface area contributed by atoms with Crippen LogP contribution in [-0.2, 0) is 14.3 Å². The molecule has 11 heteroatoms. The largest absolute Gasteiger partial charge is 0.450 e. The number of fused-ring (bicyclic) bond motifs is 1. The molecule has 5 unspecified atom stereocenters. The molecular weight excluding hydrogens is 426 g/mol. The maximum absolute atomic E-state index is 12.7. The number of nitrogens with zero attached hydrogens (tertiary/aromatic N) is 1. The molecule has 0 radical (unpaired) electrons. The highest BCUT2D eigenvalue weighted by molar-refractivity contribution is 9.09. The first-order valence-electron chi connectivity index (χ1n) is 8.76. The summed E-state index contributed by atoms with van der Waals surface area (Å²) in [6, 6.07) is 0. The number of nitrogens with one attached hydrogen (secondary N) is 4. The van der Waals surface area contributed by atoms with E-state index in [9.17, 15) is 14.4 Å². The van der Waals surface area contributed by atoms with Crippen molar-refractivity contribution in [3.8, 4) is 0 Å². The average molecular weight is 450 g/mol. The van der Waals surface area contributed by atoms with Gasteiger partial charge in [-0.3, -0.25) is 25.6 Å². The van der Waals surface area contributed by atoms with Crippen molar-refractivity contribution >= 4 is 45.6 Å². The highest BCUT2D eigenvalue weighted by Crippen LogP contribution is 2.31. The molecule has 0 bridgehead atoms. The number of carbonyl (C=O) groups is 3. The van der Waals surface area contributed by atoms with E-state index in [0.29, 0.717) is 24.3 Å². The van der Waals surface area contributed by atoms with E-state index in [-0.39, 0.29) is 30.0 Å². The van der Waals surface area contributed by atoms with Crippen LogP contribution in [0.5, 0.6) is 0 Å². The molecule has 146 valence electrons. The summed E-state index contributed by atoms with van der Waals surface area (Å²) in [5, 5.41) is 10.3. The number of hydrogen-bond donors (Lipinski definition) is 4. The summed E-state index contributed by atoms with van der Waals surface area (Å²) in [5.74, 6) is -0.357. The zero-order valence-electron chi connectivity index (χ0n) is 14.5. The summed E-state index contributed by atoms with van der Waals surface area (Å²) in [5.41, 5.74) is 3.27. The Morgan fingerprint density at radius 2 is 2.12 bits per heavy atom. The topological polar surface area (TPSA) is 112 Å². The Morgan fingerprint density at radius 3 is 2.88 bits per heavy atom. The summed E-state index contributed by atoms with van der Waals surface area (Å²) in [4.78, 5) is 36.7. The summed E-state index contributed by atoms with van der Waals surface area (Å²) in [6.07, 6.45) is 0.0552. The van der Waals surface area contributed by atoms with Gasteiger partial charge in [0.05, 0.1) is 34.8 Å². The second kappa shape index (κ2) is 8.87. The highest BCUT2D eigenvalue weighted by atomic mass is 79.9. The first kappa shape index (κ1) is 19.9. The zero-order chi connectivity index (χ0) is 18.7. The lowest BCUT2D eigenvalue weighted by Crippen LogP contribution is -2.60. The van der Waals surface area contributed by atoms with Gasteiger partial charge in [0, 0.05) is 19.6 Å². The third kappa shape index (κ3) is 4.50. The van der Waals surface area contributed by atoms with Gasteiger partial charge in [0.25, 0.3) is 0 Å². The summed E-state index contributed by atoms with van der Waals surface area (Å²) < 4.78 is 4.74. The number of alkyl halides is 1. The van der Waals surface area contributed by atoms with Gasteiger partial charge < -0.3 is 10.1 Å². The molecular formula is C15H24BrN5O4S. The Bertz CT molecular complexity index is 568. The number of ether oxygens (including phenoxy) is 1. The summed E-state index contributed by atoms with van der Waals surface area (Å²) in [7, 11) is 0. The fraction of sp³-hybridized carbons (Fsp3) is 0.800. The fourth-order valence-electron chi connectivity index (χ4n) is 3.39. The van der Waals surface area contributed by atoms with Crippen LogP contribution in [0.4, 0.5) is 4.79 Å². The second-order valence-corrected chi connectivity index (χ2v) is 8.91. The molecule has 0 saturated carbocycles. The van der Waals surface area contributed by atoms with Gasteiger partial charge in [-0.2, -0.15) is 0 Å². The van der Waals surface area contributed by atoms with Gasteiger partial charge in [0.2, 0.25) is 11.8 Å². The normalized spacial score (nSPS) is 34.2. The quantitative estimate of drug-likeness (QED) is 0.428. The van der Waals surface area contributed by atoms with E-state index in [1.54, 1.807) is 6.92 Å². The first-order chi connectivity index (χ1) is 12.5. The third-order valence-electron chi connectivity index (χ3n) is 4.74. The van der Waals surface area contributed by atoms with Crippen molar-refractivity contribution < 1.29 is 19.1 Å². The molecule has 0 aliphatic carbocycles. The van der Waals surface area contributed by atoms with Crippen LogP contribution >= 0.6 is 27.7 Å². The summed E-state index contributed by atoms with van der Waals surface area (Å²) in [6.45, 7) is 3.90. The monoisotopic (exact) mass is 449 g/mol. The average Bonchev–Trinajstić information content (AvgIpc) is 3.21. The van der Waals surface area contributed by atoms with E-state index in [1.807, 2.05) is 5.01 Å². The van der Waals surface area contributed by atoms with E-state index in [0.717, 1.165) is 12.3 Å². The fourth-order valence-corrected chi connectivity index (χ4v) is 5.34. The molecule has 0 aromatic carbocycles. The molecule has 3 aliphatic rings. The highest BCUT2D eigenvalue weighted by Gasteiger charge is 2.41. The van der Waals surface area contributed by atoms with Crippen LogP contribution in [0.3, 0.4) is 0 Å². The van der Waals surface area contributed by atoms with Crippen LogP contribution in [0.1, 0.15) is 13.3 Å². The van der Waals surface area contributed by atoms with Crippen molar-refractivity contribution in [3.63, 3.8) is 0 Å². The molecule has 0 spiro atoms. The Hall–Kier alpha value is -0.880.